The molecule has 4 nitrogen and oxygen atoms in total. The van der Waals surface area contributed by atoms with Crippen molar-refractivity contribution in [1.82, 2.24) is 0 Å². The average Bonchev–Trinajstić information content (AvgIpc) is 3.30. The van der Waals surface area contributed by atoms with E-state index in [1.807, 2.05) is 0 Å². The lowest BCUT2D eigenvalue weighted by Gasteiger charge is -2.70. The highest BCUT2D eigenvalue weighted by Gasteiger charge is 3.02. The Morgan fingerprint density at radius 1 is 0.577 bits per heavy atom. The van der Waals surface area contributed by atoms with Crippen LogP contribution >= 0.6 is 0 Å². The summed E-state index contributed by atoms with van der Waals surface area (Å²) in [6.45, 7) is 0. The monoisotopic (exact) mass is 346 g/mol. The van der Waals surface area contributed by atoms with Gasteiger partial charge in [0.15, 0.2) is 0 Å². The Labute approximate surface area is 149 Å². The van der Waals surface area contributed by atoms with Crippen molar-refractivity contribution >= 4 is 23.1 Å². The molecule has 0 spiro atoms. The van der Waals surface area contributed by atoms with Gasteiger partial charge in [-0.3, -0.25) is 19.2 Å². The van der Waals surface area contributed by atoms with E-state index in [-0.39, 0.29) is 47.3 Å². The van der Waals surface area contributed by atoms with Crippen molar-refractivity contribution in [3.63, 3.8) is 0 Å². The lowest BCUT2D eigenvalue weighted by molar-refractivity contribution is -0.244. The summed E-state index contributed by atoms with van der Waals surface area (Å²) in [4.78, 5) is 54.4. The van der Waals surface area contributed by atoms with E-state index in [0.717, 1.165) is 12.8 Å². The number of fused-ring (bicyclic) bond motifs is 5. The van der Waals surface area contributed by atoms with Gasteiger partial charge in [0.05, 0.1) is 10.8 Å². The van der Waals surface area contributed by atoms with Crippen LogP contribution in [0.1, 0.15) is 12.8 Å². The van der Waals surface area contributed by atoms with Crippen LogP contribution in [0, 0.1) is 93.7 Å². The van der Waals surface area contributed by atoms with E-state index in [1.165, 1.54) is 0 Å². The Bertz CT molecular complexity index is 928. The van der Waals surface area contributed by atoms with Crippen LogP contribution in [0.5, 0.6) is 0 Å². The quantitative estimate of drug-likeness (QED) is 0.704. The molecule has 10 aliphatic rings. The molecule has 0 amide bonds. The van der Waals surface area contributed by atoms with Gasteiger partial charge in [0, 0.05) is 35.5 Å². The van der Waals surface area contributed by atoms with Crippen molar-refractivity contribution in [3.8, 4) is 0 Å². The molecule has 0 radical (unpaired) electrons. The molecule has 0 aromatic heterocycles. The lowest BCUT2D eigenvalue weighted by Crippen LogP contribution is -2.77. The standard InChI is InChI=1S/C22H18O4/c23-17-7-3-1-5-9(7)19(25)21(13(5)11(3)15(17)21)22-14-6-2-4-8(10(6)20(22)26)18(24)16(22)12(4)14/h3-16H,1-2H2/t3-,4+,5+,6-,7-,8+,9+,10-,11+,12-,13-,14+,15-,16+,21+,22-. The second kappa shape index (κ2) is 2.74. The molecule has 10 fully saturated rings. The summed E-state index contributed by atoms with van der Waals surface area (Å²) in [5.74, 6) is 3.73. The first kappa shape index (κ1) is 12.2. The van der Waals surface area contributed by atoms with E-state index in [4.69, 9.17) is 0 Å². The zero-order valence-corrected chi connectivity index (χ0v) is 14.1. The van der Waals surface area contributed by atoms with Gasteiger partial charge in [-0.15, -0.1) is 0 Å². The summed E-state index contributed by atoms with van der Waals surface area (Å²) in [5, 5.41) is 0. The van der Waals surface area contributed by atoms with Gasteiger partial charge in [0.1, 0.15) is 23.1 Å². The molecule has 10 aliphatic carbocycles. The van der Waals surface area contributed by atoms with Crippen LogP contribution in [-0.2, 0) is 19.2 Å². The summed E-state index contributed by atoms with van der Waals surface area (Å²) < 4.78 is 0. The molecule has 26 heavy (non-hydrogen) atoms. The zero-order valence-electron chi connectivity index (χ0n) is 14.1. The fourth-order valence-electron chi connectivity index (χ4n) is 13.3. The molecular formula is C22H18O4. The van der Waals surface area contributed by atoms with E-state index in [0.29, 0.717) is 58.6 Å². The van der Waals surface area contributed by atoms with Crippen LogP contribution in [0.25, 0.3) is 0 Å². The number of ketones is 4. The fourth-order valence-corrected chi connectivity index (χ4v) is 13.3. The van der Waals surface area contributed by atoms with Crippen LogP contribution in [0.15, 0.2) is 0 Å². The van der Waals surface area contributed by atoms with Gasteiger partial charge < -0.3 is 0 Å². The molecule has 0 heterocycles. The highest BCUT2D eigenvalue weighted by Crippen LogP contribution is 2.97. The smallest absolute Gasteiger partial charge is 0.145 e. The largest absolute Gasteiger partial charge is 0.299 e. The van der Waals surface area contributed by atoms with E-state index in [1.54, 1.807) is 0 Å². The lowest BCUT2D eigenvalue weighted by atomic mass is 9.29. The molecule has 0 unspecified atom stereocenters. The Hall–Kier alpha value is -1.32. The Morgan fingerprint density at radius 2 is 1.00 bits per heavy atom. The van der Waals surface area contributed by atoms with Crippen LogP contribution in [0.2, 0.25) is 0 Å². The molecule has 130 valence electrons. The van der Waals surface area contributed by atoms with E-state index < -0.39 is 10.8 Å². The van der Waals surface area contributed by atoms with Gasteiger partial charge in [-0.05, 0) is 60.2 Å². The van der Waals surface area contributed by atoms with Crippen molar-refractivity contribution in [2.45, 2.75) is 12.8 Å². The van der Waals surface area contributed by atoms with Gasteiger partial charge in [0.2, 0.25) is 0 Å². The van der Waals surface area contributed by atoms with Crippen molar-refractivity contribution in [2.24, 2.45) is 93.7 Å². The van der Waals surface area contributed by atoms with Gasteiger partial charge in [-0.2, -0.15) is 0 Å². The summed E-state index contributed by atoms with van der Waals surface area (Å²) in [6.07, 6.45) is 2.10. The maximum absolute atomic E-state index is 13.9. The van der Waals surface area contributed by atoms with E-state index >= 15 is 0 Å². The molecule has 10 rings (SSSR count). The molecule has 4 heteroatoms. The predicted octanol–water partition coefficient (Wildman–Crippen LogP) is 0.779. The zero-order chi connectivity index (χ0) is 16.8. The minimum absolute atomic E-state index is 0.00366. The molecule has 0 aliphatic heterocycles. The summed E-state index contributed by atoms with van der Waals surface area (Å²) in [6, 6.07) is 0. The molecule has 0 saturated heterocycles. The van der Waals surface area contributed by atoms with Crippen LogP contribution in [0.4, 0.5) is 0 Å². The molecular weight excluding hydrogens is 328 g/mol. The molecule has 10 saturated carbocycles. The summed E-state index contributed by atoms with van der Waals surface area (Å²) in [5.41, 5.74) is -1.41. The number of Topliss-reactive ketones (excluding diaryl/α,β-unsaturated/α-hetero) is 4. The Balaban J connectivity index is 1.34. The van der Waals surface area contributed by atoms with Gasteiger partial charge >= 0.3 is 0 Å². The third kappa shape index (κ3) is 0.615. The average molecular weight is 346 g/mol. The highest BCUT2D eigenvalue weighted by molar-refractivity contribution is 6.17. The highest BCUT2D eigenvalue weighted by atomic mass is 16.2. The Kier molecular flexibility index (Phi) is 1.29. The number of carbonyl (C=O) groups excluding carboxylic acids is 4. The number of rotatable bonds is 1. The Morgan fingerprint density at radius 3 is 1.42 bits per heavy atom. The summed E-state index contributed by atoms with van der Waals surface area (Å²) >= 11 is 0. The first-order valence-corrected chi connectivity index (χ1v) is 10.8. The second-order valence-corrected chi connectivity index (χ2v) is 11.7. The molecule has 0 N–H and O–H groups in total. The normalized spacial score (nSPS) is 80.6. The third-order valence-corrected chi connectivity index (χ3v) is 12.6. The molecule has 0 aromatic rings. The number of hydrogen-bond donors (Lipinski definition) is 0. The summed E-state index contributed by atoms with van der Waals surface area (Å²) in [7, 11) is 0. The van der Waals surface area contributed by atoms with Crippen molar-refractivity contribution < 1.29 is 19.2 Å². The SMILES string of the molecule is O=C1[C@H]2[C@@H]3C[C@@H]4[C@H]2C(=O)[C@@]2([C@]56C(=O)[C@H]7[C@@H]8C[C@@H]9[C@H]7C(=O)[C@H]5[C@@H]9[C@@H]86)[C@@H]4[C@@H]3[C@@H]12. The maximum atomic E-state index is 13.9. The van der Waals surface area contributed by atoms with Crippen LogP contribution < -0.4 is 0 Å². The van der Waals surface area contributed by atoms with E-state index in [2.05, 4.69) is 0 Å². The minimum atomic E-state index is -0.707. The predicted molar refractivity (Wildman–Crippen MR) is 83.0 cm³/mol. The topological polar surface area (TPSA) is 68.3 Å². The van der Waals surface area contributed by atoms with Crippen LogP contribution in [-0.4, -0.2) is 23.1 Å². The first-order valence-electron chi connectivity index (χ1n) is 10.8. The second-order valence-electron chi connectivity index (χ2n) is 11.7. The van der Waals surface area contributed by atoms with E-state index in [9.17, 15) is 19.2 Å². The first-order chi connectivity index (χ1) is 12.6. The van der Waals surface area contributed by atoms with Crippen molar-refractivity contribution in [1.29, 1.82) is 0 Å². The van der Waals surface area contributed by atoms with Gasteiger partial charge in [-0.25, -0.2) is 0 Å². The van der Waals surface area contributed by atoms with Gasteiger partial charge in [0.25, 0.3) is 0 Å². The van der Waals surface area contributed by atoms with Gasteiger partial charge in [-0.1, -0.05) is 0 Å². The number of carbonyl (C=O) groups is 4. The minimum Gasteiger partial charge on any atom is -0.299 e. The molecule has 0 aromatic carbocycles. The van der Waals surface area contributed by atoms with Crippen molar-refractivity contribution in [3.05, 3.63) is 0 Å². The number of hydrogen-bond acceptors (Lipinski definition) is 4. The molecule has 16 atom stereocenters. The third-order valence-electron chi connectivity index (χ3n) is 12.6. The van der Waals surface area contributed by atoms with Crippen LogP contribution in [0.3, 0.4) is 0 Å². The van der Waals surface area contributed by atoms with Crippen molar-refractivity contribution in [2.75, 3.05) is 0 Å². The maximum Gasteiger partial charge on any atom is 0.145 e. The molecule has 4 bridgehead atoms. The fraction of sp³-hybridized carbons (Fsp3) is 0.818.